The fourth-order valence-corrected chi connectivity index (χ4v) is 5.35. The van der Waals surface area contributed by atoms with E-state index in [-0.39, 0.29) is 24.5 Å². The Kier molecular flexibility index (Phi) is 6.96. The summed E-state index contributed by atoms with van der Waals surface area (Å²) in [4.78, 5) is 28.3. The van der Waals surface area contributed by atoms with Crippen LogP contribution in [0.2, 0.25) is 0 Å². The first-order valence-corrected chi connectivity index (χ1v) is 12.1. The van der Waals surface area contributed by atoms with Gasteiger partial charge in [-0.3, -0.25) is 4.79 Å². The monoisotopic (exact) mass is 463 g/mol. The first-order chi connectivity index (χ1) is 15.9. The molecule has 0 unspecified atom stereocenters. The molecule has 0 aliphatic carbocycles. The van der Waals surface area contributed by atoms with Crippen molar-refractivity contribution >= 4 is 23.2 Å². The highest BCUT2D eigenvalue weighted by molar-refractivity contribution is 7.17. The minimum atomic E-state index is -0.700. The molecule has 1 fully saturated rings. The topological polar surface area (TPSA) is 66.8 Å². The van der Waals surface area contributed by atoms with Crippen LogP contribution in [-0.4, -0.2) is 35.0 Å². The number of cyclic esters (lactones) is 1. The minimum absolute atomic E-state index is 0.0662. The highest BCUT2D eigenvalue weighted by Gasteiger charge is 2.43. The zero-order chi connectivity index (χ0) is 23.4. The SMILES string of the molecule is CC(=O)c1ccc(-c2ccc([C@H](C)N3CC[C@](CCCO)(c4ccccc4)OC3=O)cc2)s1. The molecule has 6 heteroatoms. The van der Waals surface area contributed by atoms with Crippen LogP contribution in [0.15, 0.2) is 66.7 Å². The number of aliphatic hydroxyl groups is 1. The number of hydrogen-bond donors (Lipinski definition) is 1. The zero-order valence-electron chi connectivity index (χ0n) is 19.0. The number of Topliss-reactive ketones (excluding diaryl/α,β-unsaturated/α-hetero) is 1. The molecule has 2 aromatic carbocycles. The fraction of sp³-hybridized carbons (Fsp3) is 0.333. The lowest BCUT2D eigenvalue weighted by molar-refractivity contribution is -0.0680. The third-order valence-electron chi connectivity index (χ3n) is 6.41. The second-order valence-corrected chi connectivity index (χ2v) is 9.60. The van der Waals surface area contributed by atoms with Crippen LogP contribution >= 0.6 is 11.3 Å². The third-order valence-corrected chi connectivity index (χ3v) is 7.65. The van der Waals surface area contributed by atoms with Crippen LogP contribution in [0, 0.1) is 0 Å². The van der Waals surface area contributed by atoms with Crippen molar-refractivity contribution in [3.8, 4) is 10.4 Å². The van der Waals surface area contributed by atoms with Gasteiger partial charge in [0.2, 0.25) is 0 Å². The number of carbonyl (C=O) groups is 2. The fourth-order valence-electron chi connectivity index (χ4n) is 4.44. The molecule has 3 aromatic rings. The maximum atomic E-state index is 13.1. The second kappa shape index (κ2) is 9.89. The molecule has 4 rings (SSSR count). The lowest BCUT2D eigenvalue weighted by Crippen LogP contribution is -2.48. The van der Waals surface area contributed by atoms with Crippen LogP contribution in [0.4, 0.5) is 4.79 Å². The van der Waals surface area contributed by atoms with Crippen molar-refractivity contribution in [1.82, 2.24) is 4.90 Å². The Labute approximate surface area is 198 Å². The normalized spacial score (nSPS) is 19.2. The number of thiophene rings is 1. The highest BCUT2D eigenvalue weighted by Crippen LogP contribution is 2.40. The standard InChI is InChI=1S/C27H29NO4S/c1-19(21-9-11-22(12-10-21)25-14-13-24(33-25)20(2)30)28-17-16-27(15-6-18-29,32-26(28)31)23-7-4-3-5-8-23/h3-5,7-14,19,29H,6,15-18H2,1-2H3/t19-,27+/m0/s1. The van der Waals surface area contributed by atoms with E-state index in [1.165, 1.54) is 11.3 Å². The third kappa shape index (κ3) is 4.87. The van der Waals surface area contributed by atoms with Gasteiger partial charge in [-0.1, -0.05) is 54.6 Å². The van der Waals surface area contributed by atoms with Crippen molar-refractivity contribution < 1.29 is 19.4 Å². The molecule has 0 bridgehead atoms. The van der Waals surface area contributed by atoms with Gasteiger partial charge in [-0.15, -0.1) is 11.3 Å². The molecule has 0 saturated carbocycles. The molecular formula is C27H29NO4S. The first-order valence-electron chi connectivity index (χ1n) is 11.3. The molecule has 1 aromatic heterocycles. The maximum Gasteiger partial charge on any atom is 0.411 e. The van der Waals surface area contributed by atoms with Gasteiger partial charge in [0, 0.05) is 24.4 Å². The molecule has 1 aliphatic rings. The van der Waals surface area contributed by atoms with Gasteiger partial charge < -0.3 is 14.7 Å². The molecule has 5 nitrogen and oxygen atoms in total. The van der Waals surface area contributed by atoms with Gasteiger partial charge in [0.25, 0.3) is 0 Å². The van der Waals surface area contributed by atoms with Gasteiger partial charge in [0.15, 0.2) is 5.78 Å². The molecule has 33 heavy (non-hydrogen) atoms. The van der Waals surface area contributed by atoms with Crippen molar-refractivity contribution in [3.05, 3.63) is 82.7 Å². The molecule has 2 atom stereocenters. The zero-order valence-corrected chi connectivity index (χ0v) is 19.8. The van der Waals surface area contributed by atoms with E-state index in [0.29, 0.717) is 25.8 Å². The van der Waals surface area contributed by atoms with Crippen LogP contribution in [0.3, 0.4) is 0 Å². The van der Waals surface area contributed by atoms with E-state index in [1.54, 1.807) is 11.8 Å². The van der Waals surface area contributed by atoms with Crippen LogP contribution in [0.25, 0.3) is 10.4 Å². The number of hydrogen-bond acceptors (Lipinski definition) is 5. The predicted molar refractivity (Wildman–Crippen MR) is 130 cm³/mol. The summed E-state index contributed by atoms with van der Waals surface area (Å²) in [7, 11) is 0. The molecule has 1 N–H and O–H groups in total. The van der Waals surface area contributed by atoms with E-state index in [2.05, 4.69) is 0 Å². The summed E-state index contributed by atoms with van der Waals surface area (Å²) in [5, 5.41) is 9.38. The summed E-state index contributed by atoms with van der Waals surface area (Å²) in [5.41, 5.74) is 2.36. The van der Waals surface area contributed by atoms with Crippen molar-refractivity contribution in [3.63, 3.8) is 0 Å². The van der Waals surface area contributed by atoms with Gasteiger partial charge in [-0.2, -0.15) is 0 Å². The Balaban J connectivity index is 1.49. The lowest BCUT2D eigenvalue weighted by atomic mass is 9.84. The molecular weight excluding hydrogens is 434 g/mol. The molecule has 2 heterocycles. The van der Waals surface area contributed by atoms with Crippen LogP contribution in [0.1, 0.15) is 60.0 Å². The average Bonchev–Trinajstić information content (AvgIpc) is 3.34. The second-order valence-electron chi connectivity index (χ2n) is 8.52. The molecule has 0 spiro atoms. The van der Waals surface area contributed by atoms with Crippen molar-refractivity contribution in [2.24, 2.45) is 0 Å². The molecule has 1 saturated heterocycles. The Morgan fingerprint density at radius 1 is 1.12 bits per heavy atom. The van der Waals surface area contributed by atoms with E-state index >= 15 is 0 Å². The van der Waals surface area contributed by atoms with E-state index in [1.807, 2.05) is 73.7 Å². The number of nitrogens with zero attached hydrogens (tertiary/aromatic N) is 1. The lowest BCUT2D eigenvalue weighted by Gasteiger charge is -2.43. The van der Waals surface area contributed by atoms with Gasteiger partial charge in [0.1, 0.15) is 5.60 Å². The number of aliphatic hydroxyl groups excluding tert-OH is 1. The minimum Gasteiger partial charge on any atom is -0.438 e. The van der Waals surface area contributed by atoms with Crippen molar-refractivity contribution in [2.45, 2.75) is 44.8 Å². The number of benzene rings is 2. The average molecular weight is 464 g/mol. The highest BCUT2D eigenvalue weighted by atomic mass is 32.1. The van der Waals surface area contributed by atoms with Crippen molar-refractivity contribution in [1.29, 1.82) is 0 Å². The van der Waals surface area contributed by atoms with E-state index in [9.17, 15) is 14.7 Å². The Morgan fingerprint density at radius 2 is 1.85 bits per heavy atom. The Morgan fingerprint density at radius 3 is 2.45 bits per heavy atom. The first kappa shape index (κ1) is 23.2. The summed E-state index contributed by atoms with van der Waals surface area (Å²) in [6.45, 7) is 4.23. The molecule has 0 radical (unpaired) electrons. The number of ketones is 1. The summed E-state index contributed by atoms with van der Waals surface area (Å²) < 4.78 is 6.08. The maximum absolute atomic E-state index is 13.1. The van der Waals surface area contributed by atoms with E-state index in [0.717, 1.165) is 26.4 Å². The number of amides is 1. The quantitative estimate of drug-likeness (QED) is 0.405. The van der Waals surface area contributed by atoms with Gasteiger partial charge in [-0.05, 0) is 55.5 Å². The van der Waals surface area contributed by atoms with Crippen LogP contribution < -0.4 is 0 Å². The van der Waals surface area contributed by atoms with Crippen LogP contribution in [0.5, 0.6) is 0 Å². The van der Waals surface area contributed by atoms with Crippen molar-refractivity contribution in [2.75, 3.05) is 13.2 Å². The Bertz CT molecular complexity index is 1110. The summed E-state index contributed by atoms with van der Waals surface area (Å²) in [6.07, 6.45) is 1.52. The number of carbonyl (C=O) groups excluding carboxylic acids is 2. The van der Waals surface area contributed by atoms with Gasteiger partial charge in [-0.25, -0.2) is 4.79 Å². The number of rotatable bonds is 8. The Hall–Kier alpha value is -2.96. The van der Waals surface area contributed by atoms with E-state index in [4.69, 9.17) is 4.74 Å². The largest absolute Gasteiger partial charge is 0.438 e. The summed E-state index contributed by atoms with van der Waals surface area (Å²) in [5.74, 6) is 0.0747. The molecule has 1 aliphatic heterocycles. The van der Waals surface area contributed by atoms with E-state index < -0.39 is 5.60 Å². The predicted octanol–water partition coefficient (Wildman–Crippen LogP) is 6.19. The summed E-state index contributed by atoms with van der Waals surface area (Å²) in [6, 6.07) is 21.7. The smallest absolute Gasteiger partial charge is 0.411 e. The molecule has 1 amide bonds. The van der Waals surface area contributed by atoms with Gasteiger partial charge in [0.05, 0.1) is 10.9 Å². The summed E-state index contributed by atoms with van der Waals surface area (Å²) >= 11 is 1.49. The molecule has 172 valence electrons. The van der Waals surface area contributed by atoms with Crippen LogP contribution in [-0.2, 0) is 10.3 Å². The number of ether oxygens (including phenoxy) is 1. The van der Waals surface area contributed by atoms with Gasteiger partial charge >= 0.3 is 6.09 Å².